The highest BCUT2D eigenvalue weighted by atomic mass is 19.4. The maximum atomic E-state index is 13.2. The fraction of sp³-hybridized carbons (Fsp3) is 0.400. The molecule has 0 saturated carbocycles. The van der Waals surface area contributed by atoms with Gasteiger partial charge in [-0.25, -0.2) is 14.6 Å². The summed E-state index contributed by atoms with van der Waals surface area (Å²) in [4.78, 5) is 22.6. The first kappa shape index (κ1) is 18.2. The van der Waals surface area contributed by atoms with Crippen molar-refractivity contribution in [1.82, 2.24) is 29.9 Å². The third kappa shape index (κ3) is 3.24. The van der Waals surface area contributed by atoms with E-state index in [0.29, 0.717) is 32.3 Å². The first-order valence-electron chi connectivity index (χ1n) is 8.29. The van der Waals surface area contributed by atoms with Crippen molar-refractivity contribution < 1.29 is 22.7 Å². The van der Waals surface area contributed by atoms with Crippen molar-refractivity contribution in [2.24, 2.45) is 7.05 Å². The first-order chi connectivity index (χ1) is 13.3. The van der Waals surface area contributed by atoms with Crippen molar-refractivity contribution in [3.05, 3.63) is 23.7 Å². The lowest BCUT2D eigenvalue weighted by molar-refractivity contribution is -0.140. The van der Waals surface area contributed by atoms with E-state index in [0.717, 1.165) is 4.68 Å². The number of halogens is 3. The van der Waals surface area contributed by atoms with E-state index in [1.165, 1.54) is 19.4 Å². The summed E-state index contributed by atoms with van der Waals surface area (Å²) in [6.45, 7) is 2.40. The largest absolute Gasteiger partial charge is 0.435 e. The summed E-state index contributed by atoms with van der Waals surface area (Å²) in [6, 6.07) is 0. The van der Waals surface area contributed by atoms with Crippen LogP contribution in [0.15, 0.2) is 12.4 Å². The minimum Gasteiger partial charge on any atom is -0.378 e. The molecule has 0 bridgehead atoms. The lowest BCUT2D eigenvalue weighted by Gasteiger charge is -2.26. The number of rotatable bonds is 3. The van der Waals surface area contributed by atoms with E-state index in [-0.39, 0.29) is 22.4 Å². The zero-order valence-electron chi connectivity index (χ0n) is 14.6. The predicted octanol–water partition coefficient (Wildman–Crippen LogP) is 1.19. The van der Waals surface area contributed by atoms with Crippen molar-refractivity contribution >= 4 is 28.7 Å². The number of nitrogens with zero attached hydrogens (tertiary/aromatic N) is 6. The number of H-pyrrole nitrogens is 1. The molecule has 4 heterocycles. The van der Waals surface area contributed by atoms with E-state index in [9.17, 15) is 18.0 Å². The fourth-order valence-corrected chi connectivity index (χ4v) is 2.88. The highest BCUT2D eigenvalue weighted by molar-refractivity contribution is 6.07. The van der Waals surface area contributed by atoms with Crippen molar-refractivity contribution in [1.29, 1.82) is 0 Å². The Bertz CT molecular complexity index is 1000. The third-order valence-electron chi connectivity index (χ3n) is 4.24. The minimum absolute atomic E-state index is 0.0264. The molecule has 1 aliphatic rings. The Morgan fingerprint density at radius 2 is 1.93 bits per heavy atom. The molecule has 0 radical (unpaired) electrons. The molecule has 148 valence electrons. The molecule has 1 amide bonds. The van der Waals surface area contributed by atoms with Gasteiger partial charge >= 0.3 is 6.18 Å². The lowest BCUT2D eigenvalue weighted by Crippen LogP contribution is -2.37. The Kier molecular flexibility index (Phi) is 4.37. The number of nitrogens with one attached hydrogen (secondary N) is 2. The number of hydrogen-bond donors (Lipinski definition) is 2. The van der Waals surface area contributed by atoms with Crippen LogP contribution >= 0.6 is 0 Å². The normalized spacial score (nSPS) is 15.2. The molecule has 1 saturated heterocycles. The van der Waals surface area contributed by atoms with Crippen LogP contribution in [0.25, 0.3) is 11.0 Å². The monoisotopic (exact) mass is 396 g/mol. The van der Waals surface area contributed by atoms with Gasteiger partial charge in [-0.05, 0) is 0 Å². The van der Waals surface area contributed by atoms with Crippen LogP contribution in [0.4, 0.5) is 24.9 Å². The second-order valence-corrected chi connectivity index (χ2v) is 6.09. The lowest BCUT2D eigenvalue weighted by atomic mass is 10.2. The fourth-order valence-electron chi connectivity index (χ4n) is 2.88. The molecule has 0 aromatic carbocycles. The Morgan fingerprint density at radius 1 is 1.25 bits per heavy atom. The molecule has 0 unspecified atom stereocenters. The zero-order valence-corrected chi connectivity index (χ0v) is 14.6. The summed E-state index contributed by atoms with van der Waals surface area (Å²) in [5, 5.41) is 11.7. The summed E-state index contributed by atoms with van der Waals surface area (Å²) >= 11 is 0. The Morgan fingerprint density at radius 3 is 2.57 bits per heavy atom. The van der Waals surface area contributed by atoms with Crippen LogP contribution in [0.3, 0.4) is 0 Å². The van der Waals surface area contributed by atoms with Gasteiger partial charge < -0.3 is 15.0 Å². The highest BCUT2D eigenvalue weighted by Gasteiger charge is 2.39. The van der Waals surface area contributed by atoms with Crippen LogP contribution in [0.5, 0.6) is 0 Å². The van der Waals surface area contributed by atoms with Crippen molar-refractivity contribution in [2.45, 2.75) is 6.18 Å². The van der Waals surface area contributed by atoms with Crippen LogP contribution in [-0.2, 0) is 18.0 Å². The summed E-state index contributed by atoms with van der Waals surface area (Å²) in [5.74, 6) is -0.413. The van der Waals surface area contributed by atoms with Gasteiger partial charge in [-0.3, -0.25) is 9.89 Å². The van der Waals surface area contributed by atoms with E-state index >= 15 is 0 Å². The molecule has 0 atom stereocenters. The second kappa shape index (κ2) is 6.74. The standard InChI is InChI=1S/C15H15F3N8O2/c1-25-12-9(10(24-25)15(16,17)18)11(22-23-12)21-13(27)8-6-19-14(20-7-8)26-2-4-28-5-3-26/h6-7H,2-5H2,1H3,(H2,21,22,23,27). The van der Waals surface area contributed by atoms with Gasteiger partial charge in [-0.15, -0.1) is 0 Å². The molecule has 4 rings (SSSR count). The number of morpholine rings is 1. The summed E-state index contributed by atoms with van der Waals surface area (Å²) in [7, 11) is 1.34. The molecule has 0 spiro atoms. The van der Waals surface area contributed by atoms with Gasteiger partial charge in [0.2, 0.25) is 5.95 Å². The van der Waals surface area contributed by atoms with Gasteiger partial charge in [0, 0.05) is 32.5 Å². The van der Waals surface area contributed by atoms with Crippen LogP contribution in [0.1, 0.15) is 16.1 Å². The smallest absolute Gasteiger partial charge is 0.378 e. The maximum Gasteiger partial charge on any atom is 0.435 e. The van der Waals surface area contributed by atoms with Gasteiger partial charge in [-0.1, -0.05) is 0 Å². The Labute approximate surface area is 155 Å². The summed E-state index contributed by atoms with van der Waals surface area (Å²) in [5.41, 5.74) is -1.06. The van der Waals surface area contributed by atoms with Gasteiger partial charge in [0.05, 0.1) is 24.2 Å². The number of aromatic amines is 1. The zero-order chi connectivity index (χ0) is 19.9. The molecular formula is C15H15F3N8O2. The van der Waals surface area contributed by atoms with Crippen molar-refractivity contribution in [2.75, 3.05) is 36.5 Å². The van der Waals surface area contributed by atoms with Gasteiger partial charge in [-0.2, -0.15) is 23.4 Å². The molecular weight excluding hydrogens is 381 g/mol. The molecule has 1 aliphatic heterocycles. The van der Waals surface area contributed by atoms with Crippen LogP contribution in [-0.4, -0.2) is 62.2 Å². The first-order valence-corrected chi connectivity index (χ1v) is 8.29. The number of alkyl halides is 3. The van der Waals surface area contributed by atoms with Gasteiger partial charge in [0.25, 0.3) is 5.91 Å². The van der Waals surface area contributed by atoms with E-state index in [1.54, 1.807) is 0 Å². The van der Waals surface area contributed by atoms with Crippen LogP contribution < -0.4 is 10.2 Å². The molecule has 10 nitrogen and oxygen atoms in total. The summed E-state index contributed by atoms with van der Waals surface area (Å²) in [6.07, 6.45) is -2.06. The summed E-state index contributed by atoms with van der Waals surface area (Å²) < 4.78 is 45.9. The number of aryl methyl sites for hydroxylation is 1. The molecule has 2 N–H and O–H groups in total. The molecule has 1 fully saturated rings. The number of ether oxygens (including phenoxy) is 1. The molecule has 3 aromatic heterocycles. The number of carbonyl (C=O) groups is 1. The van der Waals surface area contributed by atoms with Gasteiger partial charge in [0.15, 0.2) is 11.3 Å². The average molecular weight is 396 g/mol. The molecule has 3 aromatic rings. The number of amides is 1. The molecule has 13 heteroatoms. The maximum absolute atomic E-state index is 13.2. The second-order valence-electron chi connectivity index (χ2n) is 6.09. The predicted molar refractivity (Wildman–Crippen MR) is 90.9 cm³/mol. The number of anilines is 2. The van der Waals surface area contributed by atoms with Gasteiger partial charge in [0.1, 0.15) is 5.82 Å². The number of hydrogen-bond acceptors (Lipinski definition) is 7. The topological polar surface area (TPSA) is 114 Å². The Balaban J connectivity index is 1.57. The highest BCUT2D eigenvalue weighted by Crippen LogP contribution is 2.36. The van der Waals surface area contributed by atoms with E-state index in [4.69, 9.17) is 4.74 Å². The van der Waals surface area contributed by atoms with E-state index < -0.39 is 17.8 Å². The average Bonchev–Trinajstić information content (AvgIpc) is 3.24. The molecule has 28 heavy (non-hydrogen) atoms. The van der Waals surface area contributed by atoms with Crippen LogP contribution in [0.2, 0.25) is 0 Å². The van der Waals surface area contributed by atoms with Crippen molar-refractivity contribution in [3.8, 4) is 0 Å². The van der Waals surface area contributed by atoms with E-state index in [2.05, 4.69) is 30.6 Å². The number of carbonyl (C=O) groups excluding carboxylic acids is 1. The third-order valence-corrected chi connectivity index (χ3v) is 4.24. The molecule has 0 aliphatic carbocycles. The number of aromatic nitrogens is 6. The minimum atomic E-state index is -4.69. The Hall–Kier alpha value is -3.22. The quantitative estimate of drug-likeness (QED) is 0.684. The van der Waals surface area contributed by atoms with Crippen molar-refractivity contribution in [3.63, 3.8) is 0 Å². The van der Waals surface area contributed by atoms with Crippen LogP contribution in [0, 0.1) is 0 Å². The number of fused-ring (bicyclic) bond motifs is 1. The van der Waals surface area contributed by atoms with E-state index in [1.807, 2.05) is 4.90 Å². The SMILES string of the molecule is Cn1nc(C(F)(F)F)c2c(NC(=O)c3cnc(N4CCOCC4)nc3)[nH]nc21.